The molecule has 3 nitrogen and oxygen atoms in total. The molecule has 0 amide bonds. The van der Waals surface area contributed by atoms with Crippen molar-refractivity contribution in [2.24, 2.45) is 5.84 Å². The molecule has 0 saturated carbocycles. The number of hydrogen-bond acceptors (Lipinski definition) is 3. The zero-order valence-electron chi connectivity index (χ0n) is 6.70. The Morgan fingerprint density at radius 1 is 1.75 bits per heavy atom. The van der Waals surface area contributed by atoms with Gasteiger partial charge in [0.2, 0.25) is 0 Å². The van der Waals surface area contributed by atoms with Crippen LogP contribution in [-0.2, 0) is 0 Å². The summed E-state index contributed by atoms with van der Waals surface area (Å²) < 4.78 is 0. The van der Waals surface area contributed by atoms with E-state index in [1.807, 2.05) is 18.4 Å². The summed E-state index contributed by atoms with van der Waals surface area (Å²) in [6.07, 6.45) is 0. The van der Waals surface area contributed by atoms with Crippen molar-refractivity contribution in [2.75, 3.05) is 0 Å². The van der Waals surface area contributed by atoms with Crippen LogP contribution in [0.1, 0.15) is 17.8 Å². The number of hydrazine groups is 1. The van der Waals surface area contributed by atoms with Gasteiger partial charge in [0, 0.05) is 4.88 Å². The Bertz CT molecular complexity index is 245. The number of nitrogens with two attached hydrogens (primary N) is 1. The third-order valence-electron chi connectivity index (χ3n) is 1.45. The maximum atomic E-state index is 5.12. The van der Waals surface area contributed by atoms with Gasteiger partial charge in [0.1, 0.15) is 0 Å². The Hall–Kier alpha value is -0.650. The SMILES string of the molecule is CC(NC(=S)NN)c1cccs1. The van der Waals surface area contributed by atoms with E-state index in [0.29, 0.717) is 5.11 Å². The Labute approximate surface area is 80.9 Å². The highest BCUT2D eigenvalue weighted by Gasteiger charge is 2.05. The number of rotatable bonds is 2. The van der Waals surface area contributed by atoms with E-state index in [0.717, 1.165) is 0 Å². The molecule has 0 aliphatic carbocycles. The molecule has 1 heterocycles. The summed E-state index contributed by atoms with van der Waals surface area (Å²) in [7, 11) is 0. The second kappa shape index (κ2) is 4.39. The molecule has 0 bridgehead atoms. The summed E-state index contributed by atoms with van der Waals surface area (Å²) >= 11 is 6.56. The topological polar surface area (TPSA) is 50.1 Å². The monoisotopic (exact) mass is 201 g/mol. The van der Waals surface area contributed by atoms with Crippen molar-refractivity contribution < 1.29 is 0 Å². The van der Waals surface area contributed by atoms with Crippen molar-refractivity contribution >= 4 is 28.7 Å². The van der Waals surface area contributed by atoms with Crippen LogP contribution >= 0.6 is 23.6 Å². The van der Waals surface area contributed by atoms with Gasteiger partial charge in [-0.25, -0.2) is 5.84 Å². The molecule has 12 heavy (non-hydrogen) atoms. The van der Waals surface area contributed by atoms with Crippen LogP contribution in [-0.4, -0.2) is 5.11 Å². The molecule has 1 atom stereocenters. The van der Waals surface area contributed by atoms with E-state index in [2.05, 4.69) is 16.8 Å². The first-order valence-corrected chi connectivity index (χ1v) is 4.83. The Morgan fingerprint density at radius 2 is 2.50 bits per heavy atom. The summed E-state index contributed by atoms with van der Waals surface area (Å²) in [6.45, 7) is 2.04. The first-order valence-electron chi connectivity index (χ1n) is 3.54. The van der Waals surface area contributed by atoms with Gasteiger partial charge in [-0.15, -0.1) is 11.3 Å². The molecule has 0 saturated heterocycles. The smallest absolute Gasteiger partial charge is 0.181 e. The molecule has 0 aliphatic heterocycles. The van der Waals surface area contributed by atoms with Crippen LogP contribution in [0.2, 0.25) is 0 Å². The molecule has 5 heteroatoms. The second-order valence-corrected chi connectivity index (χ2v) is 3.74. The molecule has 1 aromatic rings. The van der Waals surface area contributed by atoms with Crippen LogP contribution in [0.25, 0.3) is 0 Å². The van der Waals surface area contributed by atoms with Gasteiger partial charge in [-0.2, -0.15) is 0 Å². The molecule has 1 unspecified atom stereocenters. The van der Waals surface area contributed by atoms with Crippen LogP contribution in [0.3, 0.4) is 0 Å². The predicted molar refractivity (Wildman–Crippen MR) is 55.8 cm³/mol. The summed E-state index contributed by atoms with van der Waals surface area (Å²) in [4.78, 5) is 1.24. The Balaban J connectivity index is 2.49. The highest BCUT2D eigenvalue weighted by molar-refractivity contribution is 7.80. The van der Waals surface area contributed by atoms with Crippen molar-refractivity contribution in [1.29, 1.82) is 0 Å². The lowest BCUT2D eigenvalue weighted by molar-refractivity contribution is 0.716. The summed E-state index contributed by atoms with van der Waals surface area (Å²) in [5.74, 6) is 5.12. The van der Waals surface area contributed by atoms with Crippen molar-refractivity contribution in [3.63, 3.8) is 0 Å². The highest BCUT2D eigenvalue weighted by Crippen LogP contribution is 2.17. The van der Waals surface area contributed by atoms with E-state index >= 15 is 0 Å². The summed E-state index contributed by atoms with van der Waals surface area (Å²) in [5.41, 5.74) is 2.38. The predicted octanol–water partition coefficient (Wildman–Crippen LogP) is 1.15. The number of thiocarbonyl (C=S) groups is 1. The lowest BCUT2D eigenvalue weighted by atomic mass is 10.3. The molecule has 0 spiro atoms. The molecule has 0 radical (unpaired) electrons. The minimum atomic E-state index is 0.216. The lowest BCUT2D eigenvalue weighted by Gasteiger charge is -2.13. The van der Waals surface area contributed by atoms with E-state index in [1.165, 1.54) is 4.88 Å². The average molecular weight is 201 g/mol. The summed E-state index contributed by atoms with van der Waals surface area (Å²) in [6, 6.07) is 4.28. The molecule has 0 fully saturated rings. The molecule has 1 aromatic heterocycles. The quantitative estimate of drug-likeness (QED) is 0.382. The van der Waals surface area contributed by atoms with E-state index in [4.69, 9.17) is 18.1 Å². The standard InChI is InChI=1S/C7H11N3S2/c1-5(9-7(11)10-8)6-3-2-4-12-6/h2-5H,8H2,1H3,(H2,9,10,11). The number of nitrogens with one attached hydrogen (secondary N) is 2. The second-order valence-electron chi connectivity index (χ2n) is 2.35. The average Bonchev–Trinajstić information content (AvgIpc) is 2.56. The molecular weight excluding hydrogens is 190 g/mol. The first-order chi connectivity index (χ1) is 5.74. The third-order valence-corrected chi connectivity index (χ3v) is 2.74. The maximum absolute atomic E-state index is 5.12. The van der Waals surface area contributed by atoms with Crippen molar-refractivity contribution in [3.8, 4) is 0 Å². The number of hydrogen-bond donors (Lipinski definition) is 3. The highest BCUT2D eigenvalue weighted by atomic mass is 32.1. The van der Waals surface area contributed by atoms with Crippen molar-refractivity contribution in [1.82, 2.24) is 10.7 Å². The van der Waals surface area contributed by atoms with E-state index in [1.54, 1.807) is 11.3 Å². The largest absolute Gasteiger partial charge is 0.354 e. The van der Waals surface area contributed by atoms with E-state index in [-0.39, 0.29) is 6.04 Å². The van der Waals surface area contributed by atoms with E-state index < -0.39 is 0 Å². The van der Waals surface area contributed by atoms with Gasteiger partial charge in [0.25, 0.3) is 0 Å². The summed E-state index contributed by atoms with van der Waals surface area (Å²) in [5, 5.41) is 5.54. The van der Waals surface area contributed by atoms with Crippen LogP contribution in [0.4, 0.5) is 0 Å². The molecule has 0 aromatic carbocycles. The van der Waals surface area contributed by atoms with Gasteiger partial charge in [-0.1, -0.05) is 6.07 Å². The van der Waals surface area contributed by atoms with Gasteiger partial charge in [0.05, 0.1) is 6.04 Å². The van der Waals surface area contributed by atoms with Crippen molar-refractivity contribution in [3.05, 3.63) is 22.4 Å². The van der Waals surface area contributed by atoms with Crippen LogP contribution in [0, 0.1) is 0 Å². The van der Waals surface area contributed by atoms with Gasteiger partial charge in [-0.3, -0.25) is 0 Å². The fourth-order valence-corrected chi connectivity index (χ4v) is 1.76. The zero-order valence-corrected chi connectivity index (χ0v) is 8.34. The third kappa shape index (κ3) is 2.44. The molecule has 0 aliphatic rings. The minimum absolute atomic E-state index is 0.216. The minimum Gasteiger partial charge on any atom is -0.354 e. The van der Waals surface area contributed by atoms with Gasteiger partial charge >= 0.3 is 0 Å². The fourth-order valence-electron chi connectivity index (χ4n) is 0.847. The van der Waals surface area contributed by atoms with Crippen LogP contribution < -0.4 is 16.6 Å². The normalized spacial score (nSPS) is 12.2. The molecule has 1 rings (SSSR count). The molecule has 4 N–H and O–H groups in total. The van der Waals surface area contributed by atoms with E-state index in [9.17, 15) is 0 Å². The van der Waals surface area contributed by atoms with Crippen LogP contribution in [0.5, 0.6) is 0 Å². The maximum Gasteiger partial charge on any atom is 0.181 e. The van der Waals surface area contributed by atoms with Gasteiger partial charge in [-0.05, 0) is 30.6 Å². The van der Waals surface area contributed by atoms with Crippen molar-refractivity contribution in [2.45, 2.75) is 13.0 Å². The number of thiophene rings is 1. The van der Waals surface area contributed by atoms with Gasteiger partial charge in [0.15, 0.2) is 5.11 Å². The Morgan fingerprint density at radius 3 is 3.00 bits per heavy atom. The molecular formula is C7H11N3S2. The lowest BCUT2D eigenvalue weighted by Crippen LogP contribution is -2.40. The fraction of sp³-hybridized carbons (Fsp3) is 0.286. The zero-order chi connectivity index (χ0) is 8.97. The van der Waals surface area contributed by atoms with Gasteiger partial charge < -0.3 is 10.7 Å². The first kappa shape index (κ1) is 9.44. The Kier molecular flexibility index (Phi) is 3.46. The molecule has 66 valence electrons. The van der Waals surface area contributed by atoms with Crippen LogP contribution in [0.15, 0.2) is 17.5 Å².